The Morgan fingerprint density at radius 1 is 1.11 bits per heavy atom. The average Bonchev–Trinajstić information content (AvgIpc) is 3.47. The Balaban J connectivity index is 1.99. The maximum atomic E-state index is 13.0. The molecule has 0 spiro atoms. The third-order valence-electron chi connectivity index (χ3n) is 4.32. The summed E-state index contributed by atoms with van der Waals surface area (Å²) in [5.74, 6) is 0.541. The van der Waals surface area contributed by atoms with Crippen LogP contribution in [0.3, 0.4) is 0 Å². The van der Waals surface area contributed by atoms with Crippen molar-refractivity contribution >= 4 is 27.3 Å². The van der Waals surface area contributed by atoms with Crippen molar-refractivity contribution in [2.75, 3.05) is 23.8 Å². The van der Waals surface area contributed by atoms with E-state index in [2.05, 4.69) is 4.72 Å². The minimum Gasteiger partial charge on any atom is -0.497 e. The van der Waals surface area contributed by atoms with Crippen molar-refractivity contribution < 1.29 is 22.7 Å². The Kier molecular flexibility index (Phi) is 5.27. The number of rotatable bonds is 7. The molecule has 0 atom stereocenters. The molecule has 0 radical (unpaired) electrons. The molecule has 0 aromatic heterocycles. The summed E-state index contributed by atoms with van der Waals surface area (Å²) in [6, 6.07) is 11.5. The number of amides is 1. The molecule has 27 heavy (non-hydrogen) atoms. The number of sulfonamides is 1. The fourth-order valence-corrected chi connectivity index (χ4v) is 4.15. The second-order valence-electron chi connectivity index (χ2n) is 6.26. The number of carbonyl (C=O) groups excluding carboxylic acids is 1. The van der Waals surface area contributed by atoms with Gasteiger partial charge in [-0.05, 0) is 37.1 Å². The molecule has 2 aromatic rings. The normalized spacial score (nSPS) is 13.7. The van der Waals surface area contributed by atoms with Gasteiger partial charge in [0.2, 0.25) is 5.91 Å². The Hall–Kier alpha value is -2.74. The van der Waals surface area contributed by atoms with E-state index < -0.39 is 10.0 Å². The molecule has 0 unspecified atom stereocenters. The fraction of sp³-hybridized carbons (Fsp3) is 0.316. The molecule has 1 aliphatic rings. The first-order chi connectivity index (χ1) is 12.9. The summed E-state index contributed by atoms with van der Waals surface area (Å²) in [5.41, 5.74) is 0.890. The van der Waals surface area contributed by atoms with E-state index >= 15 is 0 Å². The average molecular weight is 390 g/mol. The Bertz CT molecular complexity index is 954. The lowest BCUT2D eigenvalue weighted by Crippen LogP contribution is -2.31. The van der Waals surface area contributed by atoms with Gasteiger partial charge in [0.15, 0.2) is 0 Å². The second-order valence-corrected chi connectivity index (χ2v) is 7.91. The van der Waals surface area contributed by atoms with Gasteiger partial charge in [-0.1, -0.05) is 12.1 Å². The summed E-state index contributed by atoms with van der Waals surface area (Å²) in [7, 11) is -1.05. The molecular formula is C19H22N2O5S. The molecule has 0 aliphatic heterocycles. The highest BCUT2D eigenvalue weighted by atomic mass is 32.2. The van der Waals surface area contributed by atoms with Crippen LogP contribution in [0.25, 0.3) is 0 Å². The van der Waals surface area contributed by atoms with E-state index in [0.717, 1.165) is 12.8 Å². The summed E-state index contributed by atoms with van der Waals surface area (Å²) >= 11 is 0. The number of nitrogens with one attached hydrogen (secondary N) is 1. The van der Waals surface area contributed by atoms with Gasteiger partial charge in [0, 0.05) is 19.0 Å². The van der Waals surface area contributed by atoms with Gasteiger partial charge >= 0.3 is 0 Å². The van der Waals surface area contributed by atoms with E-state index in [1.165, 1.54) is 33.3 Å². The van der Waals surface area contributed by atoms with Crippen molar-refractivity contribution in [3.05, 3.63) is 42.5 Å². The molecule has 1 aliphatic carbocycles. The quantitative estimate of drug-likeness (QED) is 0.786. The molecule has 144 valence electrons. The predicted octanol–water partition coefficient (Wildman–Crippen LogP) is 3.02. The van der Waals surface area contributed by atoms with Gasteiger partial charge in [0.05, 0.1) is 25.6 Å². The number of methoxy groups -OCH3 is 2. The molecule has 0 bridgehead atoms. The molecule has 0 saturated heterocycles. The fourth-order valence-electron chi connectivity index (χ4n) is 2.92. The van der Waals surface area contributed by atoms with E-state index in [9.17, 15) is 13.2 Å². The molecule has 1 saturated carbocycles. The first kappa shape index (κ1) is 19.0. The van der Waals surface area contributed by atoms with Crippen molar-refractivity contribution in [2.24, 2.45) is 0 Å². The summed E-state index contributed by atoms with van der Waals surface area (Å²) in [6.45, 7) is 1.48. The van der Waals surface area contributed by atoms with Crippen LogP contribution >= 0.6 is 0 Å². The van der Waals surface area contributed by atoms with Crippen molar-refractivity contribution in [3.63, 3.8) is 0 Å². The minimum atomic E-state index is -3.94. The molecule has 7 nitrogen and oxygen atoms in total. The van der Waals surface area contributed by atoms with Crippen molar-refractivity contribution in [2.45, 2.75) is 30.7 Å². The maximum absolute atomic E-state index is 13.0. The topological polar surface area (TPSA) is 84.9 Å². The van der Waals surface area contributed by atoms with Crippen LogP contribution < -0.4 is 19.1 Å². The van der Waals surface area contributed by atoms with Gasteiger partial charge in [-0.15, -0.1) is 0 Å². The van der Waals surface area contributed by atoms with Gasteiger partial charge < -0.3 is 14.4 Å². The number of nitrogens with zero attached hydrogens (tertiary/aromatic N) is 1. The lowest BCUT2D eigenvalue weighted by molar-refractivity contribution is -0.116. The number of para-hydroxylation sites is 2. The monoisotopic (exact) mass is 390 g/mol. The largest absolute Gasteiger partial charge is 0.497 e. The van der Waals surface area contributed by atoms with Crippen LogP contribution in [0.5, 0.6) is 11.5 Å². The van der Waals surface area contributed by atoms with Gasteiger partial charge in [-0.25, -0.2) is 8.42 Å². The third-order valence-corrected chi connectivity index (χ3v) is 5.72. The highest BCUT2D eigenvalue weighted by Crippen LogP contribution is 2.37. The number of benzene rings is 2. The van der Waals surface area contributed by atoms with Crippen molar-refractivity contribution in [1.29, 1.82) is 0 Å². The summed E-state index contributed by atoms with van der Waals surface area (Å²) in [6.07, 6.45) is 1.82. The molecule has 1 amide bonds. The van der Waals surface area contributed by atoms with Crippen LogP contribution in [0.4, 0.5) is 11.4 Å². The zero-order valence-corrected chi connectivity index (χ0v) is 16.2. The van der Waals surface area contributed by atoms with Gasteiger partial charge in [-0.2, -0.15) is 0 Å². The molecule has 0 heterocycles. The van der Waals surface area contributed by atoms with E-state index in [1.54, 1.807) is 35.2 Å². The Morgan fingerprint density at radius 3 is 2.41 bits per heavy atom. The smallest absolute Gasteiger partial charge is 0.265 e. The van der Waals surface area contributed by atoms with Crippen LogP contribution in [0.2, 0.25) is 0 Å². The standard InChI is InChI=1S/C19H22N2O5S/c1-13(22)21(14-8-9-14)17-7-5-4-6-16(17)20-27(23,24)19-11-10-15(25-2)12-18(19)26-3/h4-7,10-12,14,20H,8-9H2,1-3H3. The van der Waals surface area contributed by atoms with Gasteiger partial charge in [0.1, 0.15) is 16.4 Å². The SMILES string of the molecule is COc1ccc(S(=O)(=O)Nc2ccccc2N(C(C)=O)C2CC2)c(OC)c1. The molecule has 1 N–H and O–H groups in total. The minimum absolute atomic E-state index is 0.0126. The molecule has 8 heteroatoms. The van der Waals surface area contributed by atoms with E-state index in [0.29, 0.717) is 17.1 Å². The summed E-state index contributed by atoms with van der Waals surface area (Å²) < 4.78 is 38.9. The lowest BCUT2D eigenvalue weighted by Gasteiger charge is -2.24. The summed E-state index contributed by atoms with van der Waals surface area (Å²) in [4.78, 5) is 13.7. The first-order valence-corrected chi connectivity index (χ1v) is 9.99. The van der Waals surface area contributed by atoms with E-state index in [4.69, 9.17) is 9.47 Å². The summed E-state index contributed by atoms with van der Waals surface area (Å²) in [5, 5.41) is 0. The van der Waals surface area contributed by atoms with Crippen LogP contribution in [-0.2, 0) is 14.8 Å². The van der Waals surface area contributed by atoms with Gasteiger partial charge in [-0.3, -0.25) is 9.52 Å². The third kappa shape index (κ3) is 4.00. The zero-order chi connectivity index (χ0) is 19.6. The maximum Gasteiger partial charge on any atom is 0.265 e. The number of carbonyl (C=O) groups is 1. The second kappa shape index (κ2) is 7.48. The number of anilines is 2. The van der Waals surface area contributed by atoms with Crippen LogP contribution in [-0.4, -0.2) is 34.6 Å². The molecule has 2 aromatic carbocycles. The lowest BCUT2D eigenvalue weighted by atomic mass is 10.2. The van der Waals surface area contributed by atoms with Crippen LogP contribution in [0, 0.1) is 0 Å². The van der Waals surface area contributed by atoms with E-state index in [1.807, 2.05) is 0 Å². The molecular weight excluding hydrogens is 368 g/mol. The van der Waals surface area contributed by atoms with Crippen molar-refractivity contribution in [1.82, 2.24) is 0 Å². The number of hydrogen-bond acceptors (Lipinski definition) is 5. The Morgan fingerprint density at radius 2 is 1.81 bits per heavy atom. The van der Waals surface area contributed by atoms with Crippen LogP contribution in [0.15, 0.2) is 47.4 Å². The number of ether oxygens (including phenoxy) is 2. The Labute approximate surface area is 158 Å². The van der Waals surface area contributed by atoms with E-state index in [-0.39, 0.29) is 22.6 Å². The predicted molar refractivity (Wildman–Crippen MR) is 103 cm³/mol. The van der Waals surface area contributed by atoms with Gasteiger partial charge in [0.25, 0.3) is 10.0 Å². The first-order valence-electron chi connectivity index (χ1n) is 8.51. The van der Waals surface area contributed by atoms with Crippen LogP contribution in [0.1, 0.15) is 19.8 Å². The van der Waals surface area contributed by atoms with Crippen molar-refractivity contribution in [3.8, 4) is 11.5 Å². The number of hydrogen-bond donors (Lipinski definition) is 1. The molecule has 3 rings (SSSR count). The molecule has 1 fully saturated rings. The highest BCUT2D eigenvalue weighted by molar-refractivity contribution is 7.92. The zero-order valence-electron chi connectivity index (χ0n) is 15.4. The highest BCUT2D eigenvalue weighted by Gasteiger charge is 2.34.